The largest absolute Gasteiger partial charge is 1.00 e. The summed E-state index contributed by atoms with van der Waals surface area (Å²) < 4.78 is 0. The molecule has 0 saturated carbocycles. The van der Waals surface area contributed by atoms with Crippen LogP contribution in [0.25, 0.3) is 0 Å². The van der Waals surface area contributed by atoms with Crippen LogP contribution in [0, 0.1) is 11.8 Å². The zero-order chi connectivity index (χ0) is 33.4. The van der Waals surface area contributed by atoms with E-state index in [2.05, 4.69) is 74.4 Å². The molecule has 13 heteroatoms. The summed E-state index contributed by atoms with van der Waals surface area (Å²) in [6, 6.07) is 0. The predicted octanol–water partition coefficient (Wildman–Crippen LogP) is 1.24. The molecular weight excluding hydrogens is 866 g/mol. The van der Waals surface area contributed by atoms with Gasteiger partial charge < -0.3 is 37.1 Å². The molecule has 0 atom stereocenters. The Morgan fingerprint density at radius 2 is 0.652 bits per heavy atom. The van der Waals surface area contributed by atoms with Crippen LogP contribution in [0.15, 0.2) is 0 Å². The van der Waals surface area contributed by atoms with E-state index < -0.39 is 6.16 Å². The Morgan fingerprint density at radius 3 is 0.783 bits per heavy atom. The second kappa shape index (κ2) is 54.8. The summed E-state index contributed by atoms with van der Waals surface area (Å²) in [5.41, 5.74) is 11.0. The van der Waals surface area contributed by atoms with Crippen LogP contribution in [0.4, 0.5) is 4.79 Å². The van der Waals surface area contributed by atoms with Gasteiger partial charge in [-0.15, -0.1) is 0 Å². The summed E-state index contributed by atoms with van der Waals surface area (Å²) in [7, 11) is 0. The Balaban J connectivity index is -0.000000156. The van der Waals surface area contributed by atoms with Gasteiger partial charge in [-0.25, -0.2) is 0 Å². The third-order valence-electron chi connectivity index (χ3n) is 7.62. The SMILES string of the molecule is BrCCCCCCCCCCBr.BrCCCCCCCCCCBr.NCC1CCNCC1.NCC1CCNCC1.O=C([O-])[O-].[Na+].[Na+]. The summed E-state index contributed by atoms with van der Waals surface area (Å²) in [5, 5.41) is 28.0. The minimum atomic E-state index is -2.33. The van der Waals surface area contributed by atoms with Crippen molar-refractivity contribution >= 4 is 69.9 Å². The van der Waals surface area contributed by atoms with Crippen LogP contribution in [0.5, 0.6) is 0 Å². The molecule has 7 nitrogen and oxygen atoms in total. The van der Waals surface area contributed by atoms with Gasteiger partial charge in [0.15, 0.2) is 0 Å². The van der Waals surface area contributed by atoms with Crippen molar-refractivity contribution < 1.29 is 74.1 Å². The van der Waals surface area contributed by atoms with E-state index in [1.165, 1.54) is 176 Å². The zero-order valence-electron chi connectivity index (χ0n) is 29.8. The van der Waals surface area contributed by atoms with Crippen LogP contribution >= 0.6 is 63.7 Å². The number of alkyl halides is 4. The first-order chi connectivity index (χ1) is 21.4. The van der Waals surface area contributed by atoms with Crippen molar-refractivity contribution in [2.45, 2.75) is 128 Å². The molecule has 2 saturated heterocycles. The van der Waals surface area contributed by atoms with Crippen molar-refractivity contribution in [2.24, 2.45) is 23.3 Å². The number of carbonyl (C=O) groups is 1. The number of hydrogen-bond donors (Lipinski definition) is 4. The van der Waals surface area contributed by atoms with Crippen molar-refractivity contribution in [3.8, 4) is 0 Å². The summed E-state index contributed by atoms with van der Waals surface area (Å²) in [6.45, 7) is 6.43. The molecule has 0 bridgehead atoms. The van der Waals surface area contributed by atoms with Gasteiger partial charge in [0.1, 0.15) is 0 Å². The molecule has 0 amide bonds. The molecule has 6 N–H and O–H groups in total. The summed E-state index contributed by atoms with van der Waals surface area (Å²) in [5.74, 6) is 1.60. The fraction of sp³-hybridized carbons (Fsp3) is 0.970. The minimum absolute atomic E-state index is 0. The molecule has 0 aromatic heterocycles. The average molecular weight is 935 g/mol. The van der Waals surface area contributed by atoms with Crippen LogP contribution in [0.1, 0.15) is 128 Å². The molecule has 0 aromatic carbocycles. The number of hydrogen-bond acceptors (Lipinski definition) is 7. The normalized spacial score (nSPS) is 14.2. The standard InChI is InChI=1S/2C10H20Br2.2C6H14N2.CH2O3.2Na/c2*11-9-7-5-3-1-2-4-6-8-10-12;2*7-5-6-1-3-8-4-2-6;2-1(3)4;;/h2*1-10H2;2*6,8H,1-5,7H2;(H2,2,3,4);;/q;;;;;2*+1/p-2. The van der Waals surface area contributed by atoms with Gasteiger partial charge in [0, 0.05) is 21.3 Å². The number of carbonyl (C=O) groups excluding carboxylic acids is 1. The summed E-state index contributed by atoms with van der Waals surface area (Å²) >= 11 is 13.8. The van der Waals surface area contributed by atoms with Crippen LogP contribution in [-0.2, 0) is 0 Å². The molecule has 2 aliphatic heterocycles. The number of nitrogens with one attached hydrogen (secondary N) is 2. The van der Waals surface area contributed by atoms with Gasteiger partial charge in [-0.2, -0.15) is 0 Å². The summed E-state index contributed by atoms with van der Waals surface area (Å²) in [6.07, 6.45) is 25.3. The fourth-order valence-corrected chi connectivity index (χ4v) is 6.32. The molecule has 2 heterocycles. The maximum absolute atomic E-state index is 8.33. The molecule has 0 aliphatic carbocycles. The first-order valence-corrected chi connectivity index (χ1v) is 21.8. The van der Waals surface area contributed by atoms with Gasteiger partial charge in [-0.3, -0.25) is 0 Å². The molecule has 268 valence electrons. The molecule has 0 spiro atoms. The van der Waals surface area contributed by atoms with Crippen molar-refractivity contribution in [3.63, 3.8) is 0 Å². The number of nitrogens with two attached hydrogens (primary N) is 2. The van der Waals surface area contributed by atoms with E-state index >= 15 is 0 Å². The smallest absolute Gasteiger partial charge is 0.652 e. The van der Waals surface area contributed by atoms with E-state index in [-0.39, 0.29) is 59.1 Å². The molecule has 0 aromatic rings. The summed E-state index contributed by atoms with van der Waals surface area (Å²) in [4.78, 5) is 8.33. The maximum atomic E-state index is 8.33. The van der Waals surface area contributed by atoms with E-state index in [1.807, 2.05) is 0 Å². The first kappa shape index (κ1) is 58.3. The Hall–Kier alpha value is 3.03. The number of carboxylic acid groups (broad SMARTS) is 2. The van der Waals surface area contributed by atoms with Crippen LogP contribution in [0.3, 0.4) is 0 Å². The third kappa shape index (κ3) is 59.2. The van der Waals surface area contributed by atoms with E-state index in [0.717, 1.165) is 24.9 Å². The Labute approximate surface area is 362 Å². The second-order valence-electron chi connectivity index (χ2n) is 11.5. The van der Waals surface area contributed by atoms with Crippen LogP contribution in [-0.4, -0.2) is 66.7 Å². The number of unbranched alkanes of at least 4 members (excludes halogenated alkanes) is 14. The Kier molecular flexibility index (Phi) is 69.5. The molecule has 2 rings (SSSR count). The van der Waals surface area contributed by atoms with E-state index in [4.69, 9.17) is 26.5 Å². The van der Waals surface area contributed by atoms with Gasteiger partial charge in [-0.05, 0) is 109 Å². The van der Waals surface area contributed by atoms with Gasteiger partial charge >= 0.3 is 59.1 Å². The van der Waals surface area contributed by atoms with Crippen molar-refractivity contribution in [3.05, 3.63) is 0 Å². The number of rotatable bonds is 20. The van der Waals surface area contributed by atoms with Crippen molar-refractivity contribution in [2.75, 3.05) is 60.6 Å². The van der Waals surface area contributed by atoms with Crippen molar-refractivity contribution in [1.29, 1.82) is 0 Å². The Morgan fingerprint density at radius 1 is 0.478 bits per heavy atom. The zero-order valence-corrected chi connectivity index (χ0v) is 40.1. The fourth-order valence-electron chi connectivity index (χ4n) is 4.73. The monoisotopic (exact) mass is 930 g/mol. The molecule has 0 unspecified atom stereocenters. The molecule has 0 radical (unpaired) electrons. The van der Waals surface area contributed by atoms with Crippen LogP contribution < -0.4 is 91.4 Å². The van der Waals surface area contributed by atoms with Gasteiger partial charge in [0.05, 0.1) is 0 Å². The average Bonchev–Trinajstić information content (AvgIpc) is 3.05. The van der Waals surface area contributed by atoms with E-state index in [9.17, 15) is 0 Å². The minimum Gasteiger partial charge on any atom is -0.652 e. The van der Waals surface area contributed by atoms with E-state index in [0.29, 0.717) is 0 Å². The van der Waals surface area contributed by atoms with Crippen LogP contribution in [0.2, 0.25) is 0 Å². The van der Waals surface area contributed by atoms with Gasteiger partial charge in [-0.1, -0.05) is 141 Å². The third-order valence-corrected chi connectivity index (χ3v) is 9.86. The predicted molar refractivity (Wildman–Crippen MR) is 204 cm³/mol. The van der Waals surface area contributed by atoms with Crippen molar-refractivity contribution in [1.82, 2.24) is 10.6 Å². The molecular formula is C33H68Br4N4Na2O3. The topological polar surface area (TPSA) is 139 Å². The van der Waals surface area contributed by atoms with Gasteiger partial charge in [0.25, 0.3) is 0 Å². The maximum Gasteiger partial charge on any atom is 1.00 e. The second-order valence-corrected chi connectivity index (χ2v) is 14.7. The number of piperidine rings is 2. The number of halogens is 4. The quantitative estimate of drug-likeness (QED) is 0.0820. The van der Waals surface area contributed by atoms with Gasteiger partial charge in [0.2, 0.25) is 0 Å². The molecule has 2 aliphatic rings. The van der Waals surface area contributed by atoms with E-state index in [1.54, 1.807) is 0 Å². The first-order valence-electron chi connectivity index (χ1n) is 17.4. The molecule has 46 heavy (non-hydrogen) atoms. The Bertz CT molecular complexity index is 467. The molecule has 2 fully saturated rings.